The van der Waals surface area contributed by atoms with Crippen molar-refractivity contribution in [2.24, 2.45) is 0 Å². The zero-order valence-electron chi connectivity index (χ0n) is 20.5. The number of hydrogen-bond donors (Lipinski definition) is 2. The molecule has 194 valence electrons. The fourth-order valence-corrected chi connectivity index (χ4v) is 4.97. The second-order valence-electron chi connectivity index (χ2n) is 8.66. The topological polar surface area (TPSA) is 126 Å². The maximum Gasteiger partial charge on any atom is 0.255 e. The Hall–Kier alpha value is -4.28. The SMILES string of the molecule is CS(=O)(=O)c1cccc(C(=O)Nc2ccc(-c3ccc(NC(=O)c4cccc(S(C)(=O)=O)c4)cc3)cc2)c1. The summed E-state index contributed by atoms with van der Waals surface area (Å²) in [6.45, 7) is 0. The zero-order chi connectivity index (χ0) is 27.5. The first-order valence-corrected chi connectivity index (χ1v) is 15.1. The third kappa shape index (κ3) is 6.53. The maximum absolute atomic E-state index is 12.6. The lowest BCUT2D eigenvalue weighted by Gasteiger charge is -2.09. The molecule has 0 aliphatic rings. The highest BCUT2D eigenvalue weighted by atomic mass is 32.2. The molecule has 2 N–H and O–H groups in total. The smallest absolute Gasteiger partial charge is 0.255 e. The van der Waals surface area contributed by atoms with Crippen molar-refractivity contribution in [2.75, 3.05) is 23.1 Å². The fraction of sp³-hybridized carbons (Fsp3) is 0.0714. The molecule has 0 fully saturated rings. The first-order chi connectivity index (χ1) is 17.9. The molecule has 4 aromatic carbocycles. The van der Waals surface area contributed by atoms with Gasteiger partial charge in [-0.2, -0.15) is 0 Å². The van der Waals surface area contributed by atoms with E-state index in [-0.39, 0.29) is 20.9 Å². The van der Waals surface area contributed by atoms with Crippen molar-refractivity contribution in [1.29, 1.82) is 0 Å². The predicted molar refractivity (Wildman–Crippen MR) is 147 cm³/mol. The number of carbonyl (C=O) groups is 2. The number of amides is 2. The number of sulfone groups is 2. The van der Waals surface area contributed by atoms with E-state index in [9.17, 15) is 26.4 Å². The molecule has 38 heavy (non-hydrogen) atoms. The van der Waals surface area contributed by atoms with E-state index in [2.05, 4.69) is 10.6 Å². The van der Waals surface area contributed by atoms with Gasteiger partial charge in [0, 0.05) is 35.0 Å². The van der Waals surface area contributed by atoms with Crippen LogP contribution in [-0.4, -0.2) is 41.2 Å². The van der Waals surface area contributed by atoms with Crippen LogP contribution in [0.5, 0.6) is 0 Å². The molecule has 0 aromatic heterocycles. The summed E-state index contributed by atoms with van der Waals surface area (Å²) >= 11 is 0. The van der Waals surface area contributed by atoms with Crippen molar-refractivity contribution in [3.8, 4) is 11.1 Å². The van der Waals surface area contributed by atoms with Crippen molar-refractivity contribution in [2.45, 2.75) is 9.79 Å². The lowest BCUT2D eigenvalue weighted by molar-refractivity contribution is 0.101. The number of benzene rings is 4. The maximum atomic E-state index is 12.6. The highest BCUT2D eigenvalue weighted by Gasteiger charge is 2.13. The second kappa shape index (κ2) is 10.6. The molecule has 0 radical (unpaired) electrons. The summed E-state index contributed by atoms with van der Waals surface area (Å²) in [4.78, 5) is 25.3. The van der Waals surface area contributed by atoms with E-state index in [1.807, 2.05) is 24.3 Å². The van der Waals surface area contributed by atoms with Crippen LogP contribution in [0.4, 0.5) is 11.4 Å². The minimum absolute atomic E-state index is 0.0718. The van der Waals surface area contributed by atoms with Gasteiger partial charge in [-0.25, -0.2) is 16.8 Å². The van der Waals surface area contributed by atoms with Gasteiger partial charge in [0.1, 0.15) is 0 Å². The highest BCUT2D eigenvalue weighted by molar-refractivity contribution is 7.91. The Labute approximate surface area is 221 Å². The predicted octanol–water partition coefficient (Wildman–Crippen LogP) is 4.67. The molecule has 0 atom stereocenters. The van der Waals surface area contributed by atoms with Gasteiger partial charge in [0.2, 0.25) is 0 Å². The van der Waals surface area contributed by atoms with E-state index in [0.717, 1.165) is 23.6 Å². The normalized spacial score (nSPS) is 11.5. The zero-order valence-corrected chi connectivity index (χ0v) is 22.1. The average Bonchev–Trinajstić information content (AvgIpc) is 2.89. The highest BCUT2D eigenvalue weighted by Crippen LogP contribution is 2.24. The number of carbonyl (C=O) groups excluding carboxylic acids is 2. The van der Waals surface area contributed by atoms with Crippen molar-refractivity contribution >= 4 is 42.9 Å². The third-order valence-corrected chi connectivity index (χ3v) is 7.89. The third-order valence-electron chi connectivity index (χ3n) is 5.67. The molecule has 10 heteroatoms. The largest absolute Gasteiger partial charge is 0.322 e. The number of rotatable bonds is 7. The van der Waals surface area contributed by atoms with Crippen LogP contribution in [0, 0.1) is 0 Å². The van der Waals surface area contributed by atoms with Gasteiger partial charge in [-0.15, -0.1) is 0 Å². The second-order valence-corrected chi connectivity index (χ2v) is 12.7. The molecule has 8 nitrogen and oxygen atoms in total. The van der Waals surface area contributed by atoms with Crippen molar-refractivity contribution in [3.05, 3.63) is 108 Å². The van der Waals surface area contributed by atoms with Crippen LogP contribution in [0.3, 0.4) is 0 Å². The van der Waals surface area contributed by atoms with Crippen LogP contribution in [0.2, 0.25) is 0 Å². The molecule has 0 aliphatic carbocycles. The van der Waals surface area contributed by atoms with Gasteiger partial charge in [-0.3, -0.25) is 9.59 Å². The van der Waals surface area contributed by atoms with Crippen molar-refractivity contribution in [1.82, 2.24) is 0 Å². The van der Waals surface area contributed by atoms with Crippen LogP contribution >= 0.6 is 0 Å². The Kier molecular flexibility index (Phi) is 7.47. The molecule has 0 heterocycles. The number of nitrogens with one attached hydrogen (secondary N) is 2. The van der Waals surface area contributed by atoms with Gasteiger partial charge in [0.05, 0.1) is 9.79 Å². The molecule has 0 spiro atoms. The van der Waals surface area contributed by atoms with Crippen molar-refractivity contribution < 1.29 is 26.4 Å². The first kappa shape index (κ1) is 26.8. The summed E-state index contributed by atoms with van der Waals surface area (Å²) in [5.41, 5.74) is 3.31. The minimum Gasteiger partial charge on any atom is -0.322 e. The van der Waals surface area contributed by atoms with Gasteiger partial charge < -0.3 is 10.6 Å². The van der Waals surface area contributed by atoms with Gasteiger partial charge >= 0.3 is 0 Å². The van der Waals surface area contributed by atoms with Crippen LogP contribution < -0.4 is 10.6 Å². The molecule has 0 saturated heterocycles. The van der Waals surface area contributed by atoms with Crippen LogP contribution in [-0.2, 0) is 19.7 Å². The minimum atomic E-state index is -3.42. The summed E-state index contributed by atoms with van der Waals surface area (Å²) < 4.78 is 47.0. The summed E-state index contributed by atoms with van der Waals surface area (Å²) in [7, 11) is -6.85. The lowest BCUT2D eigenvalue weighted by Crippen LogP contribution is -2.12. The Morgan fingerprint density at radius 1 is 0.526 bits per heavy atom. The van der Waals surface area contributed by atoms with Crippen LogP contribution in [0.1, 0.15) is 20.7 Å². The van der Waals surface area contributed by atoms with E-state index in [1.54, 1.807) is 36.4 Å². The summed E-state index contributed by atoms with van der Waals surface area (Å²) in [5, 5.41) is 5.51. The van der Waals surface area contributed by atoms with E-state index < -0.39 is 31.5 Å². The Bertz CT molecular complexity index is 1600. The molecule has 0 aliphatic heterocycles. The van der Waals surface area contributed by atoms with Gasteiger partial charge in [0.15, 0.2) is 19.7 Å². The molecular weight excluding hydrogens is 524 g/mol. The van der Waals surface area contributed by atoms with Gasteiger partial charge in [-0.1, -0.05) is 36.4 Å². The van der Waals surface area contributed by atoms with E-state index in [0.29, 0.717) is 11.4 Å². The molecule has 0 saturated carbocycles. The molecule has 2 amide bonds. The summed E-state index contributed by atoms with van der Waals surface area (Å²) in [6.07, 6.45) is 2.17. The lowest BCUT2D eigenvalue weighted by atomic mass is 10.0. The molecular formula is C28H24N2O6S2. The van der Waals surface area contributed by atoms with E-state index >= 15 is 0 Å². The quantitative estimate of drug-likeness (QED) is 0.346. The summed E-state index contributed by atoms with van der Waals surface area (Å²) in [5.74, 6) is -0.851. The van der Waals surface area contributed by atoms with Gasteiger partial charge in [0.25, 0.3) is 11.8 Å². The Morgan fingerprint density at radius 2 is 0.868 bits per heavy atom. The number of hydrogen-bond acceptors (Lipinski definition) is 6. The Balaban J connectivity index is 1.42. The first-order valence-electron chi connectivity index (χ1n) is 11.3. The fourth-order valence-electron chi connectivity index (χ4n) is 3.63. The van der Waals surface area contributed by atoms with Crippen LogP contribution in [0.15, 0.2) is 107 Å². The molecule has 4 aromatic rings. The standard InChI is InChI=1S/C28H24N2O6S2/c1-37(33,34)25-7-3-5-21(17-25)27(31)29-23-13-9-19(10-14-23)20-11-15-24(16-12-20)30-28(32)22-6-4-8-26(18-22)38(2,35)36/h3-18H,1-2H3,(H,29,31)(H,30,32). The Morgan fingerprint density at radius 3 is 1.18 bits per heavy atom. The molecule has 4 rings (SSSR count). The van der Waals surface area contributed by atoms with Gasteiger partial charge in [-0.05, 0) is 71.8 Å². The molecule has 0 unspecified atom stereocenters. The monoisotopic (exact) mass is 548 g/mol. The number of anilines is 2. The summed E-state index contributed by atoms with van der Waals surface area (Å²) in [6, 6.07) is 25.9. The van der Waals surface area contributed by atoms with E-state index in [4.69, 9.17) is 0 Å². The van der Waals surface area contributed by atoms with E-state index in [1.165, 1.54) is 36.4 Å². The molecule has 0 bridgehead atoms. The van der Waals surface area contributed by atoms with Crippen molar-refractivity contribution in [3.63, 3.8) is 0 Å². The van der Waals surface area contributed by atoms with Crippen LogP contribution in [0.25, 0.3) is 11.1 Å². The average molecular weight is 549 g/mol.